The Kier molecular flexibility index (Phi) is 3.25. The van der Waals surface area contributed by atoms with Gasteiger partial charge in [-0.2, -0.15) is 15.0 Å². The van der Waals surface area contributed by atoms with Gasteiger partial charge >= 0.3 is 0 Å². The van der Waals surface area contributed by atoms with E-state index in [0.717, 1.165) is 6.42 Å². The monoisotopic (exact) mass is 201 g/mol. The van der Waals surface area contributed by atoms with Crippen molar-refractivity contribution in [3.05, 3.63) is 5.28 Å². The van der Waals surface area contributed by atoms with Crippen LogP contribution in [-0.2, 0) is 0 Å². The van der Waals surface area contributed by atoms with Crippen LogP contribution in [0.2, 0.25) is 5.28 Å². The molecule has 0 unspecified atom stereocenters. The van der Waals surface area contributed by atoms with Crippen LogP contribution in [0.25, 0.3) is 0 Å². The SMILES string of the molecule is CC[C@@H](C)Nc1nc(N)nc(Cl)n1. The predicted octanol–water partition coefficient (Wildman–Crippen LogP) is 1.32. The topological polar surface area (TPSA) is 76.7 Å². The van der Waals surface area contributed by atoms with E-state index in [1.165, 1.54) is 0 Å². The Morgan fingerprint density at radius 1 is 1.46 bits per heavy atom. The van der Waals surface area contributed by atoms with Gasteiger partial charge < -0.3 is 11.1 Å². The zero-order valence-corrected chi connectivity index (χ0v) is 8.34. The molecule has 1 rings (SSSR count). The second kappa shape index (κ2) is 4.23. The molecular formula is C7H12ClN5. The molecule has 1 aromatic rings. The minimum atomic E-state index is 0.110. The van der Waals surface area contributed by atoms with Crippen LogP contribution in [0.1, 0.15) is 20.3 Å². The third-order valence-corrected chi connectivity index (χ3v) is 1.78. The lowest BCUT2D eigenvalue weighted by molar-refractivity contribution is 0.751. The molecule has 0 saturated carbocycles. The number of rotatable bonds is 3. The fourth-order valence-corrected chi connectivity index (χ4v) is 0.919. The van der Waals surface area contributed by atoms with Crippen molar-refractivity contribution < 1.29 is 0 Å². The van der Waals surface area contributed by atoms with Crippen LogP contribution in [0.4, 0.5) is 11.9 Å². The van der Waals surface area contributed by atoms with Gasteiger partial charge in [-0.25, -0.2) is 0 Å². The Morgan fingerprint density at radius 3 is 2.69 bits per heavy atom. The molecule has 0 aliphatic rings. The molecule has 5 nitrogen and oxygen atoms in total. The van der Waals surface area contributed by atoms with Gasteiger partial charge in [0.1, 0.15) is 0 Å². The van der Waals surface area contributed by atoms with E-state index in [0.29, 0.717) is 5.95 Å². The lowest BCUT2D eigenvalue weighted by atomic mass is 10.3. The number of nitrogens with zero attached hydrogens (tertiary/aromatic N) is 3. The van der Waals surface area contributed by atoms with E-state index in [-0.39, 0.29) is 17.3 Å². The van der Waals surface area contributed by atoms with Crippen LogP contribution in [0.5, 0.6) is 0 Å². The number of nitrogens with one attached hydrogen (secondary N) is 1. The van der Waals surface area contributed by atoms with Crippen LogP contribution in [0.3, 0.4) is 0 Å². The first-order valence-electron chi connectivity index (χ1n) is 4.05. The minimum absolute atomic E-state index is 0.110. The summed E-state index contributed by atoms with van der Waals surface area (Å²) in [5.74, 6) is 0.553. The molecule has 1 atom stereocenters. The summed E-state index contributed by atoms with van der Waals surface area (Å²) in [6, 6.07) is 0.290. The smallest absolute Gasteiger partial charge is 0.229 e. The number of anilines is 2. The van der Waals surface area contributed by atoms with Gasteiger partial charge in [-0.05, 0) is 24.9 Å². The van der Waals surface area contributed by atoms with Crippen LogP contribution < -0.4 is 11.1 Å². The minimum Gasteiger partial charge on any atom is -0.368 e. The Labute approximate surface area is 81.7 Å². The zero-order valence-electron chi connectivity index (χ0n) is 7.58. The highest BCUT2D eigenvalue weighted by molar-refractivity contribution is 6.28. The lowest BCUT2D eigenvalue weighted by Crippen LogP contribution is -2.16. The molecule has 13 heavy (non-hydrogen) atoms. The molecule has 3 N–H and O–H groups in total. The maximum Gasteiger partial charge on any atom is 0.229 e. The maximum absolute atomic E-state index is 5.59. The van der Waals surface area contributed by atoms with E-state index in [4.69, 9.17) is 17.3 Å². The fourth-order valence-electron chi connectivity index (χ4n) is 0.752. The van der Waals surface area contributed by atoms with Crippen molar-refractivity contribution in [1.29, 1.82) is 0 Å². The molecule has 0 amide bonds. The van der Waals surface area contributed by atoms with Crippen molar-refractivity contribution in [3.63, 3.8) is 0 Å². The first-order chi connectivity index (χ1) is 6.11. The molecule has 0 aromatic carbocycles. The Balaban J connectivity index is 2.77. The molecule has 0 bridgehead atoms. The largest absolute Gasteiger partial charge is 0.368 e. The van der Waals surface area contributed by atoms with Gasteiger partial charge in [0.15, 0.2) is 0 Å². The molecule has 0 fully saturated rings. The number of hydrogen-bond acceptors (Lipinski definition) is 5. The fraction of sp³-hybridized carbons (Fsp3) is 0.571. The standard InChI is InChI=1S/C7H12ClN5/c1-3-4(2)10-7-12-5(8)11-6(9)13-7/h4H,3H2,1-2H3,(H3,9,10,11,12,13)/t4-/m1/s1. The first-order valence-corrected chi connectivity index (χ1v) is 4.43. The Bertz CT molecular complexity index is 270. The van der Waals surface area contributed by atoms with Gasteiger partial charge in [0, 0.05) is 6.04 Å². The molecule has 6 heteroatoms. The molecule has 1 aromatic heterocycles. The molecule has 0 radical (unpaired) electrons. The number of halogens is 1. The number of hydrogen-bond donors (Lipinski definition) is 2. The molecule has 72 valence electrons. The van der Waals surface area contributed by atoms with Crippen molar-refractivity contribution in [2.24, 2.45) is 0 Å². The second-order valence-electron chi connectivity index (χ2n) is 2.74. The van der Waals surface area contributed by atoms with Gasteiger partial charge in [0.05, 0.1) is 0 Å². The lowest BCUT2D eigenvalue weighted by Gasteiger charge is -2.10. The summed E-state index contributed by atoms with van der Waals surface area (Å²) in [5, 5.41) is 3.16. The van der Waals surface area contributed by atoms with Crippen molar-refractivity contribution >= 4 is 23.5 Å². The average Bonchev–Trinajstić information content (AvgIpc) is 2.02. The van der Waals surface area contributed by atoms with Crippen LogP contribution in [-0.4, -0.2) is 21.0 Å². The van der Waals surface area contributed by atoms with E-state index in [1.54, 1.807) is 0 Å². The van der Waals surface area contributed by atoms with E-state index in [9.17, 15) is 0 Å². The van der Waals surface area contributed by atoms with E-state index in [1.807, 2.05) is 6.92 Å². The summed E-state index contributed by atoms with van der Waals surface area (Å²) >= 11 is 5.59. The van der Waals surface area contributed by atoms with Gasteiger partial charge in [-0.3, -0.25) is 0 Å². The van der Waals surface area contributed by atoms with Crippen molar-refractivity contribution in [2.45, 2.75) is 26.3 Å². The van der Waals surface area contributed by atoms with Crippen molar-refractivity contribution in [1.82, 2.24) is 15.0 Å². The highest BCUT2D eigenvalue weighted by Crippen LogP contribution is 2.08. The number of nitrogen functional groups attached to an aromatic ring is 1. The highest BCUT2D eigenvalue weighted by Gasteiger charge is 2.04. The first kappa shape index (κ1) is 9.98. The number of aromatic nitrogens is 3. The molecular weight excluding hydrogens is 190 g/mol. The van der Waals surface area contributed by atoms with Crippen LogP contribution in [0, 0.1) is 0 Å². The van der Waals surface area contributed by atoms with E-state index >= 15 is 0 Å². The molecule has 0 spiro atoms. The number of nitrogens with two attached hydrogens (primary N) is 1. The molecule has 1 heterocycles. The van der Waals surface area contributed by atoms with Gasteiger partial charge in [-0.15, -0.1) is 0 Å². The summed E-state index contributed by atoms with van der Waals surface area (Å²) in [5.41, 5.74) is 5.39. The second-order valence-corrected chi connectivity index (χ2v) is 3.08. The average molecular weight is 202 g/mol. The normalized spacial score (nSPS) is 12.5. The summed E-state index contributed by atoms with van der Waals surface area (Å²) in [6.07, 6.45) is 0.975. The highest BCUT2D eigenvalue weighted by atomic mass is 35.5. The van der Waals surface area contributed by atoms with Crippen molar-refractivity contribution in [3.8, 4) is 0 Å². The van der Waals surface area contributed by atoms with Crippen LogP contribution >= 0.6 is 11.6 Å². The van der Waals surface area contributed by atoms with Crippen LogP contribution in [0.15, 0.2) is 0 Å². The molecule has 0 aliphatic heterocycles. The van der Waals surface area contributed by atoms with Gasteiger partial charge in [-0.1, -0.05) is 6.92 Å². The Hall–Kier alpha value is -1.10. The Morgan fingerprint density at radius 2 is 2.15 bits per heavy atom. The third kappa shape index (κ3) is 3.02. The summed E-state index contributed by atoms with van der Waals surface area (Å²) in [6.45, 7) is 4.08. The molecule has 0 aliphatic carbocycles. The summed E-state index contributed by atoms with van der Waals surface area (Å²) in [4.78, 5) is 11.4. The molecule has 0 saturated heterocycles. The third-order valence-electron chi connectivity index (χ3n) is 1.61. The van der Waals surface area contributed by atoms with E-state index in [2.05, 4.69) is 27.2 Å². The predicted molar refractivity (Wildman–Crippen MR) is 52.6 cm³/mol. The van der Waals surface area contributed by atoms with Gasteiger partial charge in [0.2, 0.25) is 17.2 Å². The van der Waals surface area contributed by atoms with Crippen molar-refractivity contribution in [2.75, 3.05) is 11.1 Å². The van der Waals surface area contributed by atoms with E-state index < -0.39 is 0 Å². The quantitative estimate of drug-likeness (QED) is 0.772. The van der Waals surface area contributed by atoms with Gasteiger partial charge in [0.25, 0.3) is 0 Å². The summed E-state index contributed by atoms with van der Waals surface area (Å²) < 4.78 is 0. The summed E-state index contributed by atoms with van der Waals surface area (Å²) in [7, 11) is 0. The maximum atomic E-state index is 5.59. The zero-order chi connectivity index (χ0) is 9.84.